The fourth-order valence-electron chi connectivity index (χ4n) is 2.04. The van der Waals surface area contributed by atoms with Crippen LogP contribution >= 0.6 is 0 Å². The zero-order valence-corrected chi connectivity index (χ0v) is 12.8. The first-order valence-corrected chi connectivity index (χ1v) is 6.72. The number of methoxy groups -OCH3 is 1. The number of esters is 1. The monoisotopic (exact) mass is 331 g/mol. The molecule has 0 bridgehead atoms. The molecule has 2 rings (SSSR count). The van der Waals surface area contributed by atoms with Gasteiger partial charge in [0.2, 0.25) is 0 Å². The number of benzene rings is 2. The predicted molar refractivity (Wildman–Crippen MR) is 85.6 cm³/mol. The summed E-state index contributed by atoms with van der Waals surface area (Å²) in [7, 11) is 1.09. The molecular weight excluding hydrogens is 318 g/mol. The summed E-state index contributed by atoms with van der Waals surface area (Å²) in [6.45, 7) is 1.87. The van der Waals surface area contributed by atoms with Gasteiger partial charge in [-0.1, -0.05) is 17.7 Å². The maximum atomic E-state index is 11.9. The zero-order chi connectivity index (χ0) is 17.9. The van der Waals surface area contributed by atoms with Crippen LogP contribution in [0, 0.1) is 27.2 Å². The van der Waals surface area contributed by atoms with Crippen molar-refractivity contribution in [2.24, 2.45) is 0 Å². The molecule has 2 aromatic rings. The maximum Gasteiger partial charge on any atom is 0.340 e. The van der Waals surface area contributed by atoms with Crippen LogP contribution in [0.25, 0.3) is 0 Å². The van der Waals surface area contributed by atoms with E-state index in [1.165, 1.54) is 0 Å². The van der Waals surface area contributed by atoms with Crippen LogP contribution in [0.15, 0.2) is 36.4 Å². The molecule has 2 aromatic carbocycles. The van der Waals surface area contributed by atoms with Gasteiger partial charge in [-0.2, -0.15) is 0 Å². The highest BCUT2D eigenvalue weighted by Crippen LogP contribution is 2.35. The van der Waals surface area contributed by atoms with Crippen LogP contribution in [0.1, 0.15) is 15.9 Å². The predicted octanol–water partition coefficient (Wildman–Crippen LogP) is 3.34. The Balaban J connectivity index is 2.65. The number of non-ortho nitro benzene ring substituents is 1. The van der Waals surface area contributed by atoms with E-state index in [-0.39, 0.29) is 11.3 Å². The highest BCUT2D eigenvalue weighted by Gasteiger charge is 2.28. The molecule has 0 radical (unpaired) electrons. The number of nitrogens with zero attached hydrogens (tertiary/aromatic N) is 2. The Kier molecular flexibility index (Phi) is 4.73. The van der Waals surface area contributed by atoms with E-state index in [9.17, 15) is 25.0 Å². The minimum absolute atomic E-state index is 0.165. The molecule has 9 nitrogen and oxygen atoms in total. The average Bonchev–Trinajstić information content (AvgIpc) is 2.55. The lowest BCUT2D eigenvalue weighted by atomic mass is 10.1. The molecular formula is C15H13N3O6. The number of hydrogen-bond donors (Lipinski definition) is 1. The number of carbonyl (C=O) groups excluding carboxylic acids is 1. The molecule has 0 atom stereocenters. The molecule has 0 unspecified atom stereocenters. The lowest BCUT2D eigenvalue weighted by Crippen LogP contribution is -2.09. The number of hydrogen-bond acceptors (Lipinski definition) is 7. The molecule has 0 aliphatic carbocycles. The molecule has 0 heterocycles. The summed E-state index contributed by atoms with van der Waals surface area (Å²) in [5.41, 5.74) is -0.156. The number of nitro benzene ring substituents is 2. The van der Waals surface area contributed by atoms with Crippen molar-refractivity contribution in [1.29, 1.82) is 0 Å². The molecule has 0 saturated carbocycles. The van der Waals surface area contributed by atoms with E-state index in [2.05, 4.69) is 10.1 Å². The SMILES string of the molecule is COC(=O)c1cc([N+](=O)[O-])cc([N+](=O)[O-])c1Nc1ccc(C)cc1. The van der Waals surface area contributed by atoms with E-state index in [0.717, 1.165) is 24.8 Å². The molecule has 1 N–H and O–H groups in total. The fraction of sp³-hybridized carbons (Fsp3) is 0.133. The van der Waals surface area contributed by atoms with Gasteiger partial charge in [0, 0.05) is 11.8 Å². The Morgan fingerprint density at radius 1 is 1.08 bits per heavy atom. The van der Waals surface area contributed by atoms with Gasteiger partial charge in [-0.15, -0.1) is 0 Å². The first-order chi connectivity index (χ1) is 11.3. The van der Waals surface area contributed by atoms with Gasteiger partial charge in [0.05, 0.1) is 28.6 Å². The van der Waals surface area contributed by atoms with Crippen molar-refractivity contribution in [2.75, 3.05) is 12.4 Å². The third kappa shape index (κ3) is 3.46. The topological polar surface area (TPSA) is 125 Å². The van der Waals surface area contributed by atoms with Crippen LogP contribution in [0.4, 0.5) is 22.7 Å². The average molecular weight is 331 g/mol. The number of ether oxygens (including phenoxy) is 1. The molecule has 0 aliphatic heterocycles. The fourth-order valence-corrected chi connectivity index (χ4v) is 2.04. The van der Waals surface area contributed by atoms with Gasteiger partial charge < -0.3 is 10.1 Å². The molecule has 0 aromatic heterocycles. The number of nitro groups is 2. The van der Waals surface area contributed by atoms with Gasteiger partial charge in [-0.25, -0.2) is 4.79 Å². The molecule has 24 heavy (non-hydrogen) atoms. The van der Waals surface area contributed by atoms with E-state index in [1.807, 2.05) is 6.92 Å². The van der Waals surface area contributed by atoms with Crippen molar-refractivity contribution in [3.63, 3.8) is 0 Å². The van der Waals surface area contributed by atoms with E-state index >= 15 is 0 Å². The van der Waals surface area contributed by atoms with E-state index < -0.39 is 27.2 Å². The molecule has 0 fully saturated rings. The Bertz CT molecular complexity index is 817. The van der Waals surface area contributed by atoms with Gasteiger partial charge in [-0.05, 0) is 19.1 Å². The second-order valence-electron chi connectivity index (χ2n) is 4.88. The van der Waals surface area contributed by atoms with Gasteiger partial charge in [0.15, 0.2) is 0 Å². The largest absolute Gasteiger partial charge is 0.465 e. The highest BCUT2D eigenvalue weighted by molar-refractivity contribution is 6.00. The van der Waals surface area contributed by atoms with E-state index in [4.69, 9.17) is 0 Å². The number of carbonyl (C=O) groups is 1. The minimum Gasteiger partial charge on any atom is -0.465 e. The minimum atomic E-state index is -0.920. The number of anilines is 2. The second kappa shape index (κ2) is 6.73. The van der Waals surface area contributed by atoms with Crippen molar-refractivity contribution in [2.45, 2.75) is 6.92 Å². The smallest absolute Gasteiger partial charge is 0.340 e. The van der Waals surface area contributed by atoms with E-state index in [0.29, 0.717) is 5.69 Å². The van der Waals surface area contributed by atoms with E-state index in [1.54, 1.807) is 24.3 Å². The lowest BCUT2D eigenvalue weighted by molar-refractivity contribution is -0.393. The summed E-state index contributed by atoms with van der Waals surface area (Å²) < 4.78 is 4.58. The first kappa shape index (κ1) is 16.9. The van der Waals surface area contributed by atoms with Gasteiger partial charge in [0.25, 0.3) is 11.4 Å². The van der Waals surface area contributed by atoms with Crippen molar-refractivity contribution < 1.29 is 19.4 Å². The number of rotatable bonds is 5. The molecule has 124 valence electrons. The summed E-state index contributed by atoms with van der Waals surface area (Å²) in [6.07, 6.45) is 0. The van der Waals surface area contributed by atoms with Crippen molar-refractivity contribution in [3.8, 4) is 0 Å². The van der Waals surface area contributed by atoms with Crippen LogP contribution in [-0.2, 0) is 4.74 Å². The van der Waals surface area contributed by atoms with Gasteiger partial charge >= 0.3 is 5.97 Å². The van der Waals surface area contributed by atoms with Crippen LogP contribution in [0.3, 0.4) is 0 Å². The second-order valence-corrected chi connectivity index (χ2v) is 4.88. The third-order valence-electron chi connectivity index (χ3n) is 3.24. The third-order valence-corrected chi connectivity index (χ3v) is 3.24. The Hall–Kier alpha value is -3.49. The van der Waals surface area contributed by atoms with Crippen molar-refractivity contribution in [1.82, 2.24) is 0 Å². The summed E-state index contributed by atoms with van der Waals surface area (Å²) in [4.78, 5) is 32.6. The summed E-state index contributed by atoms with van der Waals surface area (Å²) in [5.74, 6) is -0.920. The Morgan fingerprint density at radius 3 is 2.21 bits per heavy atom. The van der Waals surface area contributed by atoms with Gasteiger partial charge in [0.1, 0.15) is 5.69 Å². The summed E-state index contributed by atoms with van der Waals surface area (Å²) >= 11 is 0. The van der Waals surface area contributed by atoms with Crippen LogP contribution in [-0.4, -0.2) is 22.9 Å². The standard InChI is InChI=1S/C15H13N3O6/c1-9-3-5-10(6-4-9)16-14-12(15(19)24-2)7-11(17(20)21)8-13(14)18(22)23/h3-8,16H,1-2H3. The quantitative estimate of drug-likeness (QED) is 0.506. The first-order valence-electron chi connectivity index (χ1n) is 6.72. The van der Waals surface area contributed by atoms with Crippen molar-refractivity contribution >= 4 is 28.7 Å². The van der Waals surface area contributed by atoms with Gasteiger partial charge in [-0.3, -0.25) is 20.2 Å². The zero-order valence-electron chi connectivity index (χ0n) is 12.8. The summed E-state index contributed by atoms with van der Waals surface area (Å²) in [5, 5.41) is 25.0. The molecule has 0 aliphatic rings. The lowest BCUT2D eigenvalue weighted by Gasteiger charge is -2.11. The molecule has 0 spiro atoms. The maximum absolute atomic E-state index is 11.9. The molecule has 0 amide bonds. The number of nitrogens with one attached hydrogen (secondary N) is 1. The Labute approximate surface area is 136 Å². The molecule has 9 heteroatoms. The van der Waals surface area contributed by atoms with Crippen LogP contribution in [0.2, 0.25) is 0 Å². The normalized spacial score (nSPS) is 10.1. The van der Waals surface area contributed by atoms with Crippen LogP contribution < -0.4 is 5.32 Å². The summed E-state index contributed by atoms with van der Waals surface area (Å²) in [6, 6.07) is 8.62. The molecule has 0 saturated heterocycles. The van der Waals surface area contributed by atoms with Crippen LogP contribution in [0.5, 0.6) is 0 Å². The highest BCUT2D eigenvalue weighted by atomic mass is 16.6. The van der Waals surface area contributed by atoms with Crippen molar-refractivity contribution in [3.05, 3.63) is 67.8 Å². The number of aryl methyl sites for hydroxylation is 1. The Morgan fingerprint density at radius 2 is 1.71 bits per heavy atom.